The summed E-state index contributed by atoms with van der Waals surface area (Å²) in [5, 5.41) is 4.51. The Morgan fingerprint density at radius 2 is 1.69 bits per heavy atom. The monoisotopic (exact) mass is 584 g/mol. The van der Waals surface area contributed by atoms with E-state index in [1.165, 1.54) is 13.2 Å². The number of carbonyl (C=O) groups is 3. The van der Waals surface area contributed by atoms with Gasteiger partial charge in [-0.1, -0.05) is 58.4 Å². The lowest BCUT2D eigenvalue weighted by molar-refractivity contribution is -0.122. The number of urea groups is 1. The number of hydrogen-bond acceptors (Lipinski definition) is 5. The fourth-order valence-electron chi connectivity index (χ4n) is 4.51. The first kappa shape index (κ1) is 26.2. The molecule has 1 saturated heterocycles. The molecule has 1 heterocycles. The van der Waals surface area contributed by atoms with Crippen LogP contribution in [0.3, 0.4) is 0 Å². The lowest BCUT2D eigenvalue weighted by atomic mass is 10.0. The van der Waals surface area contributed by atoms with Crippen molar-refractivity contribution in [3.05, 3.63) is 105 Å². The molecular weight excluding hydrogens is 560 g/mol. The predicted octanol–water partition coefficient (Wildman–Crippen LogP) is 6.47. The van der Waals surface area contributed by atoms with Crippen molar-refractivity contribution in [3.8, 4) is 11.5 Å². The number of nitrogens with one attached hydrogen (secondary N) is 1. The van der Waals surface area contributed by atoms with Gasteiger partial charge in [0.05, 0.1) is 12.8 Å². The maximum absolute atomic E-state index is 13.3. The number of fused-ring (bicyclic) bond motifs is 1. The highest BCUT2D eigenvalue weighted by Gasteiger charge is 2.37. The van der Waals surface area contributed by atoms with E-state index in [1.54, 1.807) is 36.4 Å². The Morgan fingerprint density at radius 1 is 0.897 bits per heavy atom. The number of ether oxygens (including phenoxy) is 2. The molecule has 7 nitrogen and oxygen atoms in total. The predicted molar refractivity (Wildman–Crippen MR) is 154 cm³/mol. The molecule has 0 radical (unpaired) electrons. The molecule has 39 heavy (non-hydrogen) atoms. The van der Waals surface area contributed by atoms with E-state index in [9.17, 15) is 14.4 Å². The lowest BCUT2D eigenvalue weighted by Gasteiger charge is -2.26. The van der Waals surface area contributed by atoms with Crippen LogP contribution in [0.15, 0.2) is 82.8 Å². The normalized spacial score (nSPS) is 14.6. The van der Waals surface area contributed by atoms with Gasteiger partial charge in [0, 0.05) is 10.0 Å². The van der Waals surface area contributed by atoms with Crippen molar-refractivity contribution in [2.75, 3.05) is 12.0 Å². The molecule has 196 valence electrons. The van der Waals surface area contributed by atoms with E-state index >= 15 is 0 Å². The van der Waals surface area contributed by atoms with Crippen molar-refractivity contribution in [1.29, 1.82) is 0 Å². The van der Waals surface area contributed by atoms with Gasteiger partial charge in [-0.3, -0.25) is 14.9 Å². The highest BCUT2D eigenvalue weighted by atomic mass is 79.9. The average Bonchev–Trinajstić information content (AvgIpc) is 2.92. The van der Waals surface area contributed by atoms with E-state index in [2.05, 4.69) is 45.5 Å². The van der Waals surface area contributed by atoms with E-state index in [1.807, 2.05) is 26.0 Å². The Kier molecular flexibility index (Phi) is 7.21. The number of carbonyl (C=O) groups excluding carboxylic acids is 3. The number of aryl methyl sites for hydroxylation is 2. The molecule has 1 aliphatic rings. The van der Waals surface area contributed by atoms with Crippen molar-refractivity contribution < 1.29 is 23.9 Å². The number of nitrogens with zero attached hydrogens (tertiary/aromatic N) is 1. The van der Waals surface area contributed by atoms with Crippen molar-refractivity contribution in [2.24, 2.45) is 0 Å². The van der Waals surface area contributed by atoms with Gasteiger partial charge < -0.3 is 9.47 Å². The first-order valence-electron chi connectivity index (χ1n) is 12.2. The number of benzene rings is 4. The smallest absolute Gasteiger partial charge is 0.335 e. The number of amides is 4. The van der Waals surface area contributed by atoms with Crippen LogP contribution >= 0.6 is 15.9 Å². The molecule has 0 atom stereocenters. The zero-order chi connectivity index (χ0) is 27.7. The first-order chi connectivity index (χ1) is 18.8. The van der Waals surface area contributed by atoms with Gasteiger partial charge in [-0.2, -0.15) is 0 Å². The maximum Gasteiger partial charge on any atom is 0.335 e. The minimum atomic E-state index is -0.797. The molecule has 0 spiro atoms. The van der Waals surface area contributed by atoms with Crippen LogP contribution in [-0.4, -0.2) is 25.0 Å². The second-order valence-electron chi connectivity index (χ2n) is 9.17. The van der Waals surface area contributed by atoms with Crippen LogP contribution < -0.4 is 19.7 Å². The van der Waals surface area contributed by atoms with Gasteiger partial charge >= 0.3 is 6.03 Å². The third-order valence-corrected chi connectivity index (χ3v) is 7.54. The molecule has 1 fully saturated rings. The number of halogens is 1. The standard InChI is InChI=1S/C31H25BrN2O5/c1-18-8-10-21-6-4-5-7-23(21)25(18)17-39-27-13-9-20(16-28(27)38-3)15-24-29(35)33-31(37)34(30(24)36)22-11-12-26(32)19(2)14-22/h4-16H,17H2,1-3H3,(H,33,35,37)/b24-15-. The van der Waals surface area contributed by atoms with Crippen molar-refractivity contribution >= 4 is 56.3 Å². The summed E-state index contributed by atoms with van der Waals surface area (Å²) in [6, 6.07) is 21.7. The Morgan fingerprint density at radius 3 is 2.46 bits per heavy atom. The van der Waals surface area contributed by atoms with E-state index in [0.717, 1.165) is 36.8 Å². The Bertz CT molecular complexity index is 1680. The Hall–Kier alpha value is -4.43. The number of imide groups is 2. The van der Waals surface area contributed by atoms with Crippen molar-refractivity contribution in [2.45, 2.75) is 20.5 Å². The molecule has 1 N–H and O–H groups in total. The SMILES string of the molecule is COc1cc(/C=C2/C(=O)NC(=O)N(c3ccc(Br)c(C)c3)C2=O)ccc1OCc1c(C)ccc2ccccc12. The first-order valence-corrected chi connectivity index (χ1v) is 13.0. The van der Waals surface area contributed by atoms with Crippen LogP contribution in [0.25, 0.3) is 16.8 Å². The molecule has 5 rings (SSSR count). The molecule has 0 aromatic heterocycles. The van der Waals surface area contributed by atoms with Crippen LogP contribution in [0.2, 0.25) is 0 Å². The van der Waals surface area contributed by atoms with Crippen LogP contribution in [0.5, 0.6) is 11.5 Å². The zero-order valence-corrected chi connectivity index (χ0v) is 23.2. The van der Waals surface area contributed by atoms with Crippen LogP contribution in [0, 0.1) is 13.8 Å². The summed E-state index contributed by atoms with van der Waals surface area (Å²) in [6.45, 7) is 4.24. The largest absolute Gasteiger partial charge is 0.493 e. The Labute approximate surface area is 234 Å². The number of methoxy groups -OCH3 is 1. The Balaban J connectivity index is 1.42. The summed E-state index contributed by atoms with van der Waals surface area (Å²) < 4.78 is 12.6. The van der Waals surface area contributed by atoms with Crippen molar-refractivity contribution in [3.63, 3.8) is 0 Å². The van der Waals surface area contributed by atoms with E-state index in [-0.39, 0.29) is 5.57 Å². The second kappa shape index (κ2) is 10.7. The summed E-state index contributed by atoms with van der Waals surface area (Å²) in [5.41, 5.74) is 3.78. The molecule has 0 unspecified atom stereocenters. The van der Waals surface area contributed by atoms with Crippen LogP contribution in [0.4, 0.5) is 10.5 Å². The molecule has 0 aliphatic carbocycles. The third-order valence-electron chi connectivity index (χ3n) is 6.65. The van der Waals surface area contributed by atoms with Crippen LogP contribution in [0.1, 0.15) is 22.3 Å². The minimum Gasteiger partial charge on any atom is -0.493 e. The zero-order valence-electron chi connectivity index (χ0n) is 21.6. The van der Waals surface area contributed by atoms with Gasteiger partial charge in [0.1, 0.15) is 12.2 Å². The van der Waals surface area contributed by atoms with Crippen molar-refractivity contribution in [1.82, 2.24) is 5.32 Å². The fraction of sp³-hybridized carbons (Fsp3) is 0.129. The number of rotatable bonds is 6. The summed E-state index contributed by atoms with van der Waals surface area (Å²) in [4.78, 5) is 39.4. The van der Waals surface area contributed by atoms with Gasteiger partial charge in [0.2, 0.25) is 0 Å². The lowest BCUT2D eigenvalue weighted by Crippen LogP contribution is -2.54. The molecule has 1 aliphatic heterocycles. The molecule has 0 bridgehead atoms. The van der Waals surface area contributed by atoms with E-state index in [4.69, 9.17) is 9.47 Å². The molecular formula is C31H25BrN2O5. The number of barbiturate groups is 1. The summed E-state index contributed by atoms with van der Waals surface area (Å²) >= 11 is 3.42. The van der Waals surface area contributed by atoms with Crippen LogP contribution in [-0.2, 0) is 16.2 Å². The topological polar surface area (TPSA) is 84.9 Å². The quantitative estimate of drug-likeness (QED) is 0.207. The van der Waals surface area contributed by atoms with Gasteiger partial charge in [-0.05, 0) is 77.7 Å². The van der Waals surface area contributed by atoms with E-state index in [0.29, 0.717) is 29.4 Å². The van der Waals surface area contributed by atoms with E-state index < -0.39 is 17.8 Å². The van der Waals surface area contributed by atoms with Gasteiger partial charge in [0.25, 0.3) is 11.8 Å². The third kappa shape index (κ3) is 5.15. The second-order valence-corrected chi connectivity index (χ2v) is 10.0. The molecule has 4 aromatic carbocycles. The average molecular weight is 585 g/mol. The number of hydrogen-bond donors (Lipinski definition) is 1. The molecule has 0 saturated carbocycles. The minimum absolute atomic E-state index is 0.169. The maximum atomic E-state index is 13.3. The summed E-state index contributed by atoms with van der Waals surface area (Å²) in [6.07, 6.45) is 1.43. The molecule has 4 amide bonds. The van der Waals surface area contributed by atoms with Gasteiger partial charge in [-0.15, -0.1) is 0 Å². The van der Waals surface area contributed by atoms with Gasteiger partial charge in [-0.25, -0.2) is 9.69 Å². The summed E-state index contributed by atoms with van der Waals surface area (Å²) in [5.74, 6) is -0.507. The van der Waals surface area contributed by atoms with Gasteiger partial charge in [0.15, 0.2) is 11.5 Å². The summed E-state index contributed by atoms with van der Waals surface area (Å²) in [7, 11) is 1.52. The molecule has 8 heteroatoms. The molecule has 4 aromatic rings. The highest BCUT2D eigenvalue weighted by molar-refractivity contribution is 9.10. The fourth-order valence-corrected chi connectivity index (χ4v) is 4.75. The highest BCUT2D eigenvalue weighted by Crippen LogP contribution is 2.32. The number of anilines is 1.